The van der Waals surface area contributed by atoms with Crippen molar-refractivity contribution in [3.63, 3.8) is 0 Å². The van der Waals surface area contributed by atoms with Gasteiger partial charge in [0.2, 0.25) is 24.1 Å². The number of ether oxygens (including phenoxy) is 2. The lowest BCUT2D eigenvalue weighted by atomic mass is 9.93. The standard InChI is InChI=1S/C28H36N6O8/c1-16-26(37)33-21(28(39)40)12-17-3-5-22(41-9-7-29)19(11-17)20-13-18(4-6-23(20)42-10-8-30)25(27(38)32-16)34(2)24(36)14-31-15-35/h3-6,11,13,15-16,21,25H,7-10,12,14,29-30H2,1-2H3,(H,31,35)(H,32,38)(H,33,37)(H,39,40)/t16-,21?,25?/m0/s1. The SMILES string of the molecule is C[C@@H]1NC(=O)C(N(C)C(=O)CNC=O)c2ccc(OCCN)c(c2)-c2cc(ccc2OCCN)CC(C(=O)O)NC1=O. The van der Waals surface area contributed by atoms with Crippen molar-refractivity contribution >= 4 is 30.1 Å². The predicted molar refractivity (Wildman–Crippen MR) is 151 cm³/mol. The van der Waals surface area contributed by atoms with Crippen LogP contribution in [0.25, 0.3) is 11.1 Å². The molecule has 0 saturated heterocycles. The molecule has 0 saturated carbocycles. The van der Waals surface area contributed by atoms with Gasteiger partial charge in [-0.3, -0.25) is 19.2 Å². The summed E-state index contributed by atoms with van der Waals surface area (Å²) in [6.45, 7) is 1.85. The van der Waals surface area contributed by atoms with Gasteiger partial charge >= 0.3 is 5.97 Å². The van der Waals surface area contributed by atoms with Crippen LogP contribution < -0.4 is 36.9 Å². The van der Waals surface area contributed by atoms with Crippen LogP contribution in [0.5, 0.6) is 11.5 Å². The number of fused-ring (bicyclic) bond motifs is 5. The third-order valence-corrected chi connectivity index (χ3v) is 6.58. The molecule has 8 N–H and O–H groups in total. The van der Waals surface area contributed by atoms with Crippen LogP contribution in [0.3, 0.4) is 0 Å². The summed E-state index contributed by atoms with van der Waals surface area (Å²) in [5, 5.41) is 17.2. The van der Waals surface area contributed by atoms with Gasteiger partial charge in [0.1, 0.15) is 42.8 Å². The fourth-order valence-corrected chi connectivity index (χ4v) is 4.47. The molecule has 3 atom stereocenters. The van der Waals surface area contributed by atoms with E-state index in [1.54, 1.807) is 36.4 Å². The van der Waals surface area contributed by atoms with E-state index in [9.17, 15) is 29.1 Å². The zero-order valence-corrected chi connectivity index (χ0v) is 23.4. The van der Waals surface area contributed by atoms with Crippen molar-refractivity contribution in [2.45, 2.75) is 31.5 Å². The number of nitrogens with zero attached hydrogens (tertiary/aromatic N) is 1. The second-order valence-electron chi connectivity index (χ2n) is 9.60. The summed E-state index contributed by atoms with van der Waals surface area (Å²) in [5.41, 5.74) is 13.3. The van der Waals surface area contributed by atoms with Gasteiger partial charge in [0.15, 0.2) is 0 Å². The molecule has 1 aliphatic rings. The van der Waals surface area contributed by atoms with Crippen molar-refractivity contribution in [2.75, 3.05) is 39.9 Å². The molecule has 2 aromatic carbocycles. The first kappa shape index (κ1) is 31.8. The average Bonchev–Trinajstić information content (AvgIpc) is 2.97. The van der Waals surface area contributed by atoms with E-state index in [0.29, 0.717) is 40.2 Å². The average molecular weight is 585 g/mol. The van der Waals surface area contributed by atoms with Gasteiger partial charge < -0.3 is 46.9 Å². The molecule has 0 aliphatic carbocycles. The van der Waals surface area contributed by atoms with E-state index in [1.807, 2.05) is 0 Å². The van der Waals surface area contributed by atoms with E-state index in [0.717, 1.165) is 4.90 Å². The van der Waals surface area contributed by atoms with Gasteiger partial charge in [0.05, 0.1) is 6.54 Å². The minimum absolute atomic E-state index is 0.0613. The van der Waals surface area contributed by atoms with E-state index in [2.05, 4.69) is 16.0 Å². The van der Waals surface area contributed by atoms with Gasteiger partial charge in [-0.25, -0.2) is 4.79 Å². The number of carbonyl (C=O) groups excluding carboxylic acids is 4. The van der Waals surface area contributed by atoms with Crippen LogP contribution in [-0.4, -0.2) is 92.1 Å². The van der Waals surface area contributed by atoms with Gasteiger partial charge in [-0.15, -0.1) is 0 Å². The Morgan fingerprint density at radius 2 is 1.64 bits per heavy atom. The molecule has 2 aromatic rings. The van der Waals surface area contributed by atoms with Crippen LogP contribution >= 0.6 is 0 Å². The summed E-state index contributed by atoms with van der Waals surface area (Å²) in [4.78, 5) is 63.5. The zero-order chi connectivity index (χ0) is 30.8. The largest absolute Gasteiger partial charge is 0.492 e. The normalized spacial score (nSPS) is 18.5. The van der Waals surface area contributed by atoms with Crippen molar-refractivity contribution in [1.82, 2.24) is 20.9 Å². The minimum Gasteiger partial charge on any atom is -0.492 e. The van der Waals surface area contributed by atoms with Crippen LogP contribution in [0.1, 0.15) is 24.1 Å². The number of benzene rings is 2. The van der Waals surface area contributed by atoms with Crippen molar-refractivity contribution < 1.29 is 38.6 Å². The second-order valence-corrected chi connectivity index (χ2v) is 9.60. The molecule has 42 heavy (non-hydrogen) atoms. The van der Waals surface area contributed by atoms with Crippen molar-refractivity contribution in [1.29, 1.82) is 0 Å². The third-order valence-electron chi connectivity index (χ3n) is 6.58. The lowest BCUT2D eigenvalue weighted by Crippen LogP contribution is -2.53. The van der Waals surface area contributed by atoms with E-state index in [-0.39, 0.29) is 39.3 Å². The lowest BCUT2D eigenvalue weighted by Gasteiger charge is -2.30. The van der Waals surface area contributed by atoms with Crippen LogP contribution in [0.4, 0.5) is 0 Å². The number of hydrogen-bond donors (Lipinski definition) is 6. The summed E-state index contributed by atoms with van der Waals surface area (Å²) in [5.74, 6) is -2.46. The Morgan fingerprint density at radius 3 is 2.24 bits per heavy atom. The Hall–Kier alpha value is -4.69. The highest BCUT2D eigenvalue weighted by Gasteiger charge is 2.33. The summed E-state index contributed by atoms with van der Waals surface area (Å²) in [6.07, 6.45) is 0.302. The summed E-state index contributed by atoms with van der Waals surface area (Å²) >= 11 is 0. The highest BCUT2D eigenvalue weighted by atomic mass is 16.5. The quantitative estimate of drug-likeness (QED) is 0.175. The highest BCUT2D eigenvalue weighted by Crippen LogP contribution is 2.40. The molecular weight excluding hydrogens is 548 g/mol. The fraction of sp³-hybridized carbons (Fsp3) is 0.393. The molecule has 0 spiro atoms. The van der Waals surface area contributed by atoms with Crippen LogP contribution in [0.2, 0.25) is 0 Å². The van der Waals surface area contributed by atoms with Gasteiger partial charge in [0, 0.05) is 37.7 Å². The zero-order valence-electron chi connectivity index (χ0n) is 23.4. The molecule has 2 unspecified atom stereocenters. The van der Waals surface area contributed by atoms with Gasteiger partial charge in [-0.05, 0) is 42.3 Å². The third kappa shape index (κ3) is 7.73. The fourth-order valence-electron chi connectivity index (χ4n) is 4.47. The number of hydrogen-bond acceptors (Lipinski definition) is 9. The number of nitrogens with two attached hydrogens (primary N) is 2. The predicted octanol–water partition coefficient (Wildman–Crippen LogP) is -1.10. The van der Waals surface area contributed by atoms with Crippen LogP contribution in [-0.2, 0) is 30.4 Å². The summed E-state index contributed by atoms with van der Waals surface area (Å²) < 4.78 is 11.8. The summed E-state index contributed by atoms with van der Waals surface area (Å²) in [6, 6.07) is 6.27. The second kappa shape index (κ2) is 14.8. The molecule has 0 aromatic heterocycles. The number of carboxylic acid groups (broad SMARTS) is 1. The van der Waals surface area contributed by atoms with E-state index in [1.165, 1.54) is 14.0 Å². The molecule has 3 rings (SSSR count). The smallest absolute Gasteiger partial charge is 0.326 e. The van der Waals surface area contributed by atoms with Crippen molar-refractivity contribution in [2.24, 2.45) is 11.5 Å². The molecule has 0 fully saturated rings. The Bertz CT molecular complexity index is 1320. The Labute approximate surface area is 242 Å². The maximum atomic E-state index is 13.6. The monoisotopic (exact) mass is 584 g/mol. The van der Waals surface area contributed by atoms with E-state index >= 15 is 0 Å². The first-order valence-corrected chi connectivity index (χ1v) is 13.3. The molecule has 1 heterocycles. The number of carbonyl (C=O) groups is 5. The number of nitrogens with one attached hydrogen (secondary N) is 3. The Morgan fingerprint density at radius 1 is 1.02 bits per heavy atom. The molecule has 4 bridgehead atoms. The van der Waals surface area contributed by atoms with Crippen LogP contribution in [0, 0.1) is 0 Å². The Balaban J connectivity index is 2.30. The highest BCUT2D eigenvalue weighted by molar-refractivity contribution is 5.94. The number of likely N-dealkylation sites (N-methyl/N-ethyl adjacent to an activating group) is 1. The maximum Gasteiger partial charge on any atom is 0.326 e. The summed E-state index contributed by atoms with van der Waals surface area (Å²) in [7, 11) is 1.39. The molecule has 4 amide bonds. The number of rotatable bonds is 11. The van der Waals surface area contributed by atoms with Gasteiger partial charge in [-0.2, -0.15) is 0 Å². The molecule has 226 valence electrons. The number of aliphatic carboxylic acids is 1. The minimum atomic E-state index is -1.31. The molecule has 14 heteroatoms. The Kier molecular flexibility index (Phi) is 11.2. The van der Waals surface area contributed by atoms with E-state index in [4.69, 9.17) is 20.9 Å². The molecular formula is C28H36N6O8. The van der Waals surface area contributed by atoms with Gasteiger partial charge in [0.25, 0.3) is 0 Å². The molecule has 14 nitrogen and oxygen atoms in total. The van der Waals surface area contributed by atoms with E-state index < -0.39 is 41.8 Å². The van der Waals surface area contributed by atoms with Gasteiger partial charge in [-0.1, -0.05) is 12.1 Å². The molecule has 0 radical (unpaired) electrons. The molecule has 1 aliphatic heterocycles. The van der Waals surface area contributed by atoms with Crippen LogP contribution in [0.15, 0.2) is 36.4 Å². The maximum absolute atomic E-state index is 13.6. The number of amides is 4. The first-order valence-electron chi connectivity index (χ1n) is 13.3. The topological polar surface area (TPSA) is 215 Å². The van der Waals surface area contributed by atoms with Crippen molar-refractivity contribution in [3.8, 4) is 22.6 Å². The van der Waals surface area contributed by atoms with Crippen molar-refractivity contribution in [3.05, 3.63) is 47.5 Å². The first-order chi connectivity index (χ1) is 20.1. The lowest BCUT2D eigenvalue weighted by molar-refractivity contribution is -0.142. The number of carboxylic acids is 1.